The maximum atomic E-state index is 12.8. The normalized spacial score (nSPS) is 17.0. The average Bonchev–Trinajstić information content (AvgIpc) is 2.85. The highest BCUT2D eigenvalue weighted by molar-refractivity contribution is 8.00. The largest absolute Gasteiger partial charge is 0.282 e. The minimum Gasteiger partial charge on any atom is -0.282 e. The second kappa shape index (κ2) is 6.28. The molecule has 3 nitrogen and oxygen atoms in total. The van der Waals surface area contributed by atoms with Gasteiger partial charge in [0.2, 0.25) is 0 Å². The van der Waals surface area contributed by atoms with E-state index < -0.39 is 0 Å². The molecule has 1 aromatic heterocycles. The SMILES string of the molecule is CCSc1nc2c(c(=O)n1Cc1ccccc1)S[C@H](C)C2. The second-order valence-corrected chi connectivity index (χ2v) is 7.79. The number of benzene rings is 1. The number of fused-ring (bicyclic) bond motifs is 1. The lowest BCUT2D eigenvalue weighted by molar-refractivity contribution is 0.614. The van der Waals surface area contributed by atoms with Gasteiger partial charge in [-0.05, 0) is 11.3 Å². The van der Waals surface area contributed by atoms with Gasteiger partial charge in [0.15, 0.2) is 5.16 Å². The summed E-state index contributed by atoms with van der Waals surface area (Å²) in [7, 11) is 0. The molecule has 1 aliphatic heterocycles. The summed E-state index contributed by atoms with van der Waals surface area (Å²) >= 11 is 3.31. The molecule has 0 spiro atoms. The van der Waals surface area contributed by atoms with Gasteiger partial charge in [-0.15, -0.1) is 11.8 Å². The molecule has 0 radical (unpaired) electrons. The summed E-state index contributed by atoms with van der Waals surface area (Å²) in [4.78, 5) is 18.4. The highest BCUT2D eigenvalue weighted by atomic mass is 32.2. The van der Waals surface area contributed by atoms with E-state index >= 15 is 0 Å². The number of rotatable bonds is 4. The van der Waals surface area contributed by atoms with Crippen LogP contribution in [0.15, 0.2) is 45.2 Å². The third-order valence-corrected chi connectivity index (χ3v) is 5.49. The first kappa shape index (κ1) is 14.7. The molecule has 3 rings (SSSR count). The van der Waals surface area contributed by atoms with Crippen molar-refractivity contribution in [2.75, 3.05) is 5.75 Å². The van der Waals surface area contributed by atoms with E-state index in [-0.39, 0.29) is 5.56 Å². The number of aromatic nitrogens is 2. The van der Waals surface area contributed by atoms with Gasteiger partial charge in [0.25, 0.3) is 5.56 Å². The van der Waals surface area contributed by atoms with Gasteiger partial charge in [0.05, 0.1) is 17.1 Å². The van der Waals surface area contributed by atoms with E-state index in [1.807, 2.05) is 22.8 Å². The molecule has 0 amide bonds. The summed E-state index contributed by atoms with van der Waals surface area (Å²) in [5.41, 5.74) is 2.24. The maximum Gasteiger partial charge on any atom is 0.268 e. The Kier molecular flexibility index (Phi) is 4.40. The Bertz CT molecular complexity index is 697. The van der Waals surface area contributed by atoms with Crippen molar-refractivity contribution < 1.29 is 0 Å². The molecule has 110 valence electrons. The molecular formula is C16H18N2OS2. The fraction of sp³-hybridized carbons (Fsp3) is 0.375. The minimum absolute atomic E-state index is 0.120. The molecule has 21 heavy (non-hydrogen) atoms. The van der Waals surface area contributed by atoms with Gasteiger partial charge in [-0.3, -0.25) is 9.36 Å². The zero-order valence-corrected chi connectivity index (χ0v) is 13.8. The smallest absolute Gasteiger partial charge is 0.268 e. The van der Waals surface area contributed by atoms with Crippen molar-refractivity contribution in [1.82, 2.24) is 9.55 Å². The molecule has 0 unspecified atom stereocenters. The van der Waals surface area contributed by atoms with Crippen LogP contribution in [0.5, 0.6) is 0 Å². The minimum atomic E-state index is 0.120. The van der Waals surface area contributed by atoms with Gasteiger partial charge in [-0.2, -0.15) is 0 Å². The van der Waals surface area contributed by atoms with Crippen LogP contribution in [-0.2, 0) is 13.0 Å². The number of nitrogens with zero attached hydrogens (tertiary/aromatic N) is 2. The van der Waals surface area contributed by atoms with E-state index in [1.54, 1.807) is 23.5 Å². The second-order valence-electron chi connectivity index (χ2n) is 5.11. The molecule has 0 saturated heterocycles. The van der Waals surface area contributed by atoms with Crippen LogP contribution >= 0.6 is 23.5 Å². The number of hydrogen-bond acceptors (Lipinski definition) is 4. The molecule has 0 aliphatic carbocycles. The van der Waals surface area contributed by atoms with Crippen LogP contribution < -0.4 is 5.56 Å². The third kappa shape index (κ3) is 3.04. The van der Waals surface area contributed by atoms with Gasteiger partial charge in [0, 0.05) is 11.7 Å². The number of thioether (sulfide) groups is 2. The van der Waals surface area contributed by atoms with Gasteiger partial charge in [0.1, 0.15) is 0 Å². The standard InChI is InChI=1S/C16H18N2OS2/c1-3-20-16-17-13-9-11(2)21-14(13)15(19)18(16)10-12-7-5-4-6-8-12/h4-8,11H,3,9-10H2,1-2H3/t11-/m1/s1. The van der Waals surface area contributed by atoms with Gasteiger partial charge in [-0.25, -0.2) is 4.98 Å². The Morgan fingerprint density at radius 1 is 1.38 bits per heavy atom. The van der Waals surface area contributed by atoms with Gasteiger partial charge in [-0.1, -0.05) is 55.9 Å². The van der Waals surface area contributed by atoms with Crippen LogP contribution in [-0.4, -0.2) is 20.6 Å². The molecular weight excluding hydrogens is 300 g/mol. The molecule has 0 fully saturated rings. The van der Waals surface area contributed by atoms with Crippen LogP contribution in [0, 0.1) is 0 Å². The van der Waals surface area contributed by atoms with Crippen LogP contribution in [0.4, 0.5) is 0 Å². The van der Waals surface area contributed by atoms with Crippen molar-refractivity contribution in [3.05, 3.63) is 51.9 Å². The quantitative estimate of drug-likeness (QED) is 0.639. The summed E-state index contributed by atoms with van der Waals surface area (Å²) in [5, 5.41) is 1.30. The summed E-state index contributed by atoms with van der Waals surface area (Å²) in [6, 6.07) is 10.1. The molecule has 1 atom stereocenters. The van der Waals surface area contributed by atoms with Crippen molar-refractivity contribution in [3.63, 3.8) is 0 Å². The Balaban J connectivity index is 2.06. The molecule has 0 bridgehead atoms. The predicted octanol–water partition coefficient (Wildman–Crippen LogP) is 3.44. The molecule has 2 heterocycles. The summed E-state index contributed by atoms with van der Waals surface area (Å²) in [6.45, 7) is 4.84. The van der Waals surface area contributed by atoms with Crippen molar-refractivity contribution in [2.24, 2.45) is 0 Å². The maximum absolute atomic E-state index is 12.8. The lowest BCUT2D eigenvalue weighted by atomic mass is 10.2. The summed E-state index contributed by atoms with van der Waals surface area (Å²) in [5.74, 6) is 0.919. The van der Waals surface area contributed by atoms with Gasteiger partial charge >= 0.3 is 0 Å². The number of hydrogen-bond donors (Lipinski definition) is 0. The van der Waals surface area contributed by atoms with Crippen molar-refractivity contribution in [2.45, 2.75) is 42.1 Å². The van der Waals surface area contributed by atoms with Crippen molar-refractivity contribution in [3.8, 4) is 0 Å². The molecule has 1 aliphatic rings. The van der Waals surface area contributed by atoms with Crippen molar-refractivity contribution in [1.29, 1.82) is 0 Å². The van der Waals surface area contributed by atoms with E-state index in [9.17, 15) is 4.79 Å². The highest BCUT2D eigenvalue weighted by Gasteiger charge is 2.26. The van der Waals surface area contributed by atoms with Crippen LogP contribution in [0.25, 0.3) is 0 Å². The van der Waals surface area contributed by atoms with E-state index in [0.29, 0.717) is 11.8 Å². The first-order valence-electron chi connectivity index (χ1n) is 7.16. The molecule has 1 aromatic carbocycles. The fourth-order valence-corrected chi connectivity index (χ4v) is 4.33. The van der Waals surface area contributed by atoms with Crippen LogP contribution in [0.3, 0.4) is 0 Å². The molecule has 5 heteroatoms. The van der Waals surface area contributed by atoms with Crippen LogP contribution in [0.1, 0.15) is 25.1 Å². The van der Waals surface area contributed by atoms with E-state index in [2.05, 4.69) is 26.0 Å². The molecule has 2 aromatic rings. The fourth-order valence-electron chi connectivity index (χ4n) is 2.48. The zero-order chi connectivity index (χ0) is 14.8. The summed E-state index contributed by atoms with van der Waals surface area (Å²) < 4.78 is 1.83. The lowest BCUT2D eigenvalue weighted by Gasteiger charge is -2.13. The average molecular weight is 318 g/mol. The predicted molar refractivity (Wildman–Crippen MR) is 89.5 cm³/mol. The van der Waals surface area contributed by atoms with Crippen molar-refractivity contribution >= 4 is 23.5 Å². The zero-order valence-electron chi connectivity index (χ0n) is 12.2. The monoisotopic (exact) mass is 318 g/mol. The topological polar surface area (TPSA) is 34.9 Å². The summed E-state index contributed by atoms with van der Waals surface area (Å²) in [6.07, 6.45) is 0.901. The van der Waals surface area contributed by atoms with E-state index in [0.717, 1.165) is 33.5 Å². The molecule has 0 N–H and O–H groups in total. The van der Waals surface area contributed by atoms with Crippen LogP contribution in [0.2, 0.25) is 0 Å². The van der Waals surface area contributed by atoms with Gasteiger partial charge < -0.3 is 0 Å². The Hall–Kier alpha value is -1.20. The Labute approximate surface area is 133 Å². The third-order valence-electron chi connectivity index (χ3n) is 3.42. The van der Waals surface area contributed by atoms with E-state index in [4.69, 9.17) is 4.98 Å². The Morgan fingerprint density at radius 2 is 2.14 bits per heavy atom. The highest BCUT2D eigenvalue weighted by Crippen LogP contribution is 2.34. The Morgan fingerprint density at radius 3 is 2.86 bits per heavy atom. The van der Waals surface area contributed by atoms with E-state index in [1.165, 1.54) is 0 Å². The first-order valence-corrected chi connectivity index (χ1v) is 9.02. The first-order chi connectivity index (χ1) is 10.2. The lowest BCUT2D eigenvalue weighted by Crippen LogP contribution is -2.25. The molecule has 0 saturated carbocycles.